The standard InChI is InChI=1S/C21H27ClN4O2/c1-13(2)15-6-8-16(9-7-15)26-21(27)17-12-25-20(24-10-5-11-28-4)18(14(3)23)19(17)22/h6-9,12-13,23H,5,10-11H2,1-4H3,(H,24,25)(H,26,27). The molecule has 0 aliphatic rings. The number of pyridine rings is 1. The highest BCUT2D eigenvalue weighted by molar-refractivity contribution is 6.38. The van der Waals surface area contributed by atoms with Gasteiger partial charge in [0.25, 0.3) is 5.91 Å². The van der Waals surface area contributed by atoms with Crippen LogP contribution >= 0.6 is 11.6 Å². The van der Waals surface area contributed by atoms with E-state index in [0.29, 0.717) is 36.1 Å². The third-order valence-electron chi connectivity index (χ3n) is 4.29. The molecular formula is C21H27ClN4O2. The van der Waals surface area contributed by atoms with Crippen LogP contribution in [0, 0.1) is 5.41 Å². The molecule has 0 spiro atoms. The van der Waals surface area contributed by atoms with Gasteiger partial charge in [0.1, 0.15) is 5.82 Å². The summed E-state index contributed by atoms with van der Waals surface area (Å²) >= 11 is 6.47. The summed E-state index contributed by atoms with van der Waals surface area (Å²) in [6, 6.07) is 7.70. The minimum absolute atomic E-state index is 0.216. The number of ether oxygens (including phenoxy) is 1. The fourth-order valence-corrected chi connectivity index (χ4v) is 3.06. The number of carbonyl (C=O) groups excluding carboxylic acids is 1. The van der Waals surface area contributed by atoms with Crippen molar-refractivity contribution in [3.63, 3.8) is 0 Å². The zero-order valence-electron chi connectivity index (χ0n) is 16.7. The monoisotopic (exact) mass is 402 g/mol. The normalized spacial score (nSPS) is 10.8. The van der Waals surface area contributed by atoms with Gasteiger partial charge in [-0.05, 0) is 37.0 Å². The first-order valence-corrected chi connectivity index (χ1v) is 9.61. The molecule has 1 amide bonds. The first kappa shape index (κ1) is 21.9. The van der Waals surface area contributed by atoms with Gasteiger partial charge in [-0.1, -0.05) is 37.6 Å². The molecule has 0 saturated carbocycles. The largest absolute Gasteiger partial charge is 0.385 e. The number of rotatable bonds is 9. The Morgan fingerprint density at radius 3 is 2.54 bits per heavy atom. The quantitative estimate of drug-likeness (QED) is 0.409. The lowest BCUT2D eigenvalue weighted by Gasteiger charge is -2.15. The van der Waals surface area contributed by atoms with Gasteiger partial charge in [-0.3, -0.25) is 4.79 Å². The minimum Gasteiger partial charge on any atom is -0.385 e. The molecule has 1 heterocycles. The van der Waals surface area contributed by atoms with Crippen molar-refractivity contribution in [3.05, 3.63) is 52.2 Å². The van der Waals surface area contributed by atoms with Crippen LogP contribution in [-0.4, -0.2) is 36.9 Å². The Morgan fingerprint density at radius 2 is 1.96 bits per heavy atom. The summed E-state index contributed by atoms with van der Waals surface area (Å²) in [6.07, 6.45) is 2.23. The summed E-state index contributed by atoms with van der Waals surface area (Å²) in [5.74, 6) is 0.556. The second kappa shape index (κ2) is 10.2. The van der Waals surface area contributed by atoms with E-state index in [-0.39, 0.29) is 22.2 Å². The van der Waals surface area contributed by atoms with Crippen molar-refractivity contribution in [2.75, 3.05) is 30.9 Å². The van der Waals surface area contributed by atoms with Gasteiger partial charge in [0.2, 0.25) is 0 Å². The second-order valence-electron chi connectivity index (χ2n) is 6.84. The van der Waals surface area contributed by atoms with Crippen molar-refractivity contribution in [1.29, 1.82) is 5.41 Å². The molecule has 0 radical (unpaired) electrons. The van der Waals surface area contributed by atoms with E-state index in [1.807, 2.05) is 24.3 Å². The van der Waals surface area contributed by atoms with Gasteiger partial charge in [-0.15, -0.1) is 0 Å². The van der Waals surface area contributed by atoms with Crippen molar-refractivity contribution >= 4 is 34.7 Å². The van der Waals surface area contributed by atoms with Gasteiger partial charge >= 0.3 is 0 Å². The summed E-state index contributed by atoms with van der Waals surface area (Å²) in [4.78, 5) is 17.0. The number of aromatic nitrogens is 1. The van der Waals surface area contributed by atoms with Crippen LogP contribution in [0.2, 0.25) is 5.02 Å². The fraction of sp³-hybridized carbons (Fsp3) is 0.381. The van der Waals surface area contributed by atoms with Crippen LogP contribution in [0.25, 0.3) is 0 Å². The molecule has 7 heteroatoms. The van der Waals surface area contributed by atoms with Crippen LogP contribution in [-0.2, 0) is 4.74 Å². The molecule has 3 N–H and O–H groups in total. The van der Waals surface area contributed by atoms with E-state index < -0.39 is 0 Å². The van der Waals surface area contributed by atoms with Gasteiger partial charge in [0.05, 0.1) is 16.1 Å². The molecule has 0 saturated heterocycles. The highest BCUT2D eigenvalue weighted by atomic mass is 35.5. The van der Waals surface area contributed by atoms with E-state index in [1.165, 1.54) is 11.8 Å². The molecule has 0 atom stereocenters. The third-order valence-corrected chi connectivity index (χ3v) is 4.68. The van der Waals surface area contributed by atoms with Crippen LogP contribution in [0.5, 0.6) is 0 Å². The number of anilines is 2. The number of amides is 1. The highest BCUT2D eigenvalue weighted by Gasteiger charge is 2.19. The third kappa shape index (κ3) is 5.53. The second-order valence-corrected chi connectivity index (χ2v) is 7.22. The Labute approximate surface area is 171 Å². The zero-order chi connectivity index (χ0) is 20.7. The van der Waals surface area contributed by atoms with Gasteiger partial charge in [0.15, 0.2) is 0 Å². The number of methoxy groups -OCH3 is 1. The van der Waals surface area contributed by atoms with Gasteiger partial charge in [0, 0.05) is 37.9 Å². The molecule has 0 unspecified atom stereocenters. The van der Waals surface area contributed by atoms with Crippen molar-refractivity contribution in [1.82, 2.24) is 4.98 Å². The van der Waals surface area contributed by atoms with Gasteiger partial charge in [-0.25, -0.2) is 4.98 Å². The predicted octanol–water partition coefficient (Wildman–Crippen LogP) is 4.95. The van der Waals surface area contributed by atoms with Crippen molar-refractivity contribution in [2.24, 2.45) is 0 Å². The fourth-order valence-electron chi connectivity index (χ4n) is 2.70. The summed E-state index contributed by atoms with van der Waals surface area (Å²) in [5, 5.41) is 14.2. The Balaban J connectivity index is 2.21. The van der Waals surface area contributed by atoms with Crippen molar-refractivity contribution in [2.45, 2.75) is 33.1 Å². The van der Waals surface area contributed by atoms with Gasteiger partial charge < -0.3 is 20.8 Å². The molecule has 0 aliphatic carbocycles. The SMILES string of the molecule is COCCCNc1ncc(C(=O)Nc2ccc(C(C)C)cc2)c(Cl)c1C(C)=N. The molecular weight excluding hydrogens is 376 g/mol. The average Bonchev–Trinajstić information content (AvgIpc) is 2.65. The Hall–Kier alpha value is -2.44. The van der Waals surface area contributed by atoms with Crippen LogP contribution in [0.1, 0.15) is 54.6 Å². The number of hydrogen-bond acceptors (Lipinski definition) is 5. The Kier molecular flexibility index (Phi) is 7.96. The lowest BCUT2D eigenvalue weighted by molar-refractivity contribution is 0.102. The first-order chi connectivity index (χ1) is 13.3. The van der Waals surface area contributed by atoms with Crippen LogP contribution in [0.15, 0.2) is 30.5 Å². The predicted molar refractivity (Wildman–Crippen MR) is 115 cm³/mol. The lowest BCUT2D eigenvalue weighted by atomic mass is 10.0. The number of nitrogens with zero attached hydrogens (tertiary/aromatic N) is 1. The minimum atomic E-state index is -0.358. The molecule has 0 aliphatic heterocycles. The molecule has 0 bridgehead atoms. The molecule has 150 valence electrons. The molecule has 2 aromatic rings. The number of halogens is 1. The number of carbonyl (C=O) groups is 1. The lowest BCUT2D eigenvalue weighted by Crippen LogP contribution is -2.17. The summed E-state index contributed by atoms with van der Waals surface area (Å²) in [6.45, 7) is 7.10. The molecule has 0 fully saturated rings. The van der Waals surface area contributed by atoms with Gasteiger partial charge in [-0.2, -0.15) is 0 Å². The topological polar surface area (TPSA) is 87.1 Å². The van der Waals surface area contributed by atoms with Crippen molar-refractivity contribution in [3.8, 4) is 0 Å². The van der Waals surface area contributed by atoms with Crippen molar-refractivity contribution < 1.29 is 9.53 Å². The van der Waals surface area contributed by atoms with Crippen LogP contribution in [0.4, 0.5) is 11.5 Å². The Morgan fingerprint density at radius 1 is 1.29 bits per heavy atom. The van der Waals surface area contributed by atoms with E-state index in [1.54, 1.807) is 14.0 Å². The summed E-state index contributed by atoms with van der Waals surface area (Å²) in [7, 11) is 1.64. The van der Waals surface area contributed by atoms with E-state index in [9.17, 15) is 4.79 Å². The summed E-state index contributed by atoms with van der Waals surface area (Å²) < 4.78 is 5.03. The number of hydrogen-bond donors (Lipinski definition) is 3. The average molecular weight is 403 g/mol. The smallest absolute Gasteiger partial charge is 0.258 e. The van der Waals surface area contributed by atoms with Crippen LogP contribution < -0.4 is 10.6 Å². The van der Waals surface area contributed by atoms with Crippen LogP contribution in [0.3, 0.4) is 0 Å². The van der Waals surface area contributed by atoms with E-state index >= 15 is 0 Å². The maximum absolute atomic E-state index is 12.7. The number of benzene rings is 1. The first-order valence-electron chi connectivity index (χ1n) is 9.23. The Bertz CT molecular complexity index is 835. The van der Waals surface area contributed by atoms with E-state index in [4.69, 9.17) is 21.7 Å². The molecule has 1 aromatic heterocycles. The van der Waals surface area contributed by atoms with E-state index in [2.05, 4.69) is 29.5 Å². The summed E-state index contributed by atoms with van der Waals surface area (Å²) in [5.41, 5.74) is 2.78. The molecule has 28 heavy (non-hydrogen) atoms. The van der Waals surface area contributed by atoms with E-state index in [0.717, 1.165) is 6.42 Å². The maximum Gasteiger partial charge on any atom is 0.258 e. The molecule has 2 rings (SSSR count). The molecule has 1 aromatic carbocycles. The molecule has 6 nitrogen and oxygen atoms in total. The maximum atomic E-state index is 12.7. The zero-order valence-corrected chi connectivity index (χ0v) is 17.5. The highest BCUT2D eigenvalue weighted by Crippen LogP contribution is 2.28. The number of nitrogens with one attached hydrogen (secondary N) is 3.